The van der Waals surface area contributed by atoms with E-state index in [1.54, 1.807) is 18.5 Å². The molecule has 1 amide bonds. The first kappa shape index (κ1) is 14.3. The fourth-order valence-corrected chi connectivity index (χ4v) is 2.56. The monoisotopic (exact) mass is 281 g/mol. The van der Waals surface area contributed by atoms with E-state index in [4.69, 9.17) is 11.6 Å². The number of carbonyl (C=O) groups is 1. The van der Waals surface area contributed by atoms with E-state index >= 15 is 0 Å². The van der Waals surface area contributed by atoms with Crippen molar-refractivity contribution in [2.45, 2.75) is 26.7 Å². The normalized spacial score (nSPS) is 20.1. The summed E-state index contributed by atoms with van der Waals surface area (Å²) >= 11 is 6.04. The highest BCUT2D eigenvalue weighted by Crippen LogP contribution is 2.33. The molecule has 1 aliphatic rings. The summed E-state index contributed by atoms with van der Waals surface area (Å²) in [6.45, 7) is 5.92. The van der Waals surface area contributed by atoms with Crippen LogP contribution in [0.1, 0.15) is 26.7 Å². The highest BCUT2D eigenvalue weighted by molar-refractivity contribution is 6.33. The van der Waals surface area contributed by atoms with Crippen molar-refractivity contribution in [3.05, 3.63) is 23.5 Å². The van der Waals surface area contributed by atoms with Crippen molar-refractivity contribution in [1.82, 2.24) is 10.3 Å². The average molecular weight is 282 g/mol. The average Bonchev–Trinajstić information content (AvgIpc) is 2.42. The van der Waals surface area contributed by atoms with E-state index in [0.717, 1.165) is 25.9 Å². The van der Waals surface area contributed by atoms with Crippen molar-refractivity contribution in [3.8, 4) is 0 Å². The number of nitrogens with zero attached hydrogens (tertiary/aromatic N) is 1. The number of halogens is 1. The standard InChI is InChI=1S/C14H20ClN3O/c1-14(2,10-4-3-6-16-8-10)13(19)18-12-9-17-7-5-11(12)15/h5,7,9-10,16H,3-4,6,8H2,1-2H3,(H,18,19). The number of anilines is 1. The lowest BCUT2D eigenvalue weighted by molar-refractivity contribution is -0.127. The molecule has 1 aliphatic heterocycles. The fourth-order valence-electron chi connectivity index (χ4n) is 2.41. The topological polar surface area (TPSA) is 54.0 Å². The second kappa shape index (κ2) is 5.88. The number of nitrogens with one attached hydrogen (secondary N) is 2. The Balaban J connectivity index is 2.08. The summed E-state index contributed by atoms with van der Waals surface area (Å²) in [4.78, 5) is 16.4. The highest BCUT2D eigenvalue weighted by atomic mass is 35.5. The van der Waals surface area contributed by atoms with E-state index in [-0.39, 0.29) is 5.91 Å². The highest BCUT2D eigenvalue weighted by Gasteiger charge is 2.37. The number of piperidine rings is 1. The van der Waals surface area contributed by atoms with Crippen LogP contribution < -0.4 is 10.6 Å². The smallest absolute Gasteiger partial charge is 0.230 e. The molecule has 5 heteroatoms. The summed E-state index contributed by atoms with van der Waals surface area (Å²) in [7, 11) is 0. The fraction of sp³-hybridized carbons (Fsp3) is 0.571. The van der Waals surface area contributed by atoms with Gasteiger partial charge in [0.25, 0.3) is 0 Å². The third-order valence-electron chi connectivity index (χ3n) is 3.92. The molecule has 0 spiro atoms. The Morgan fingerprint density at radius 1 is 1.58 bits per heavy atom. The molecule has 1 fully saturated rings. The van der Waals surface area contributed by atoms with E-state index in [1.807, 2.05) is 13.8 Å². The Labute approximate surface area is 118 Å². The molecule has 0 bridgehead atoms. The summed E-state index contributed by atoms with van der Waals surface area (Å²) in [6.07, 6.45) is 5.38. The van der Waals surface area contributed by atoms with Gasteiger partial charge in [0.15, 0.2) is 0 Å². The molecule has 2 heterocycles. The Bertz CT molecular complexity index is 456. The molecule has 104 valence electrons. The molecule has 1 atom stereocenters. The van der Waals surface area contributed by atoms with Crippen molar-refractivity contribution in [1.29, 1.82) is 0 Å². The van der Waals surface area contributed by atoms with E-state index in [0.29, 0.717) is 16.6 Å². The van der Waals surface area contributed by atoms with Gasteiger partial charge in [-0.3, -0.25) is 9.78 Å². The number of hydrogen-bond donors (Lipinski definition) is 2. The molecular weight excluding hydrogens is 262 g/mol. The summed E-state index contributed by atoms with van der Waals surface area (Å²) in [5, 5.41) is 6.75. The first-order chi connectivity index (χ1) is 9.01. The molecule has 0 aliphatic carbocycles. The van der Waals surface area contributed by atoms with Gasteiger partial charge in [-0.1, -0.05) is 25.4 Å². The predicted molar refractivity (Wildman–Crippen MR) is 77.3 cm³/mol. The van der Waals surface area contributed by atoms with Crippen LogP contribution in [0.4, 0.5) is 5.69 Å². The number of carbonyl (C=O) groups excluding carboxylic acids is 1. The van der Waals surface area contributed by atoms with Gasteiger partial charge in [0, 0.05) is 11.6 Å². The largest absolute Gasteiger partial charge is 0.323 e. The van der Waals surface area contributed by atoms with Crippen LogP contribution in [0.2, 0.25) is 5.02 Å². The van der Waals surface area contributed by atoms with Crippen LogP contribution in [0.25, 0.3) is 0 Å². The zero-order valence-electron chi connectivity index (χ0n) is 11.4. The van der Waals surface area contributed by atoms with Gasteiger partial charge in [-0.25, -0.2) is 0 Å². The van der Waals surface area contributed by atoms with Crippen LogP contribution in [0, 0.1) is 11.3 Å². The molecule has 1 unspecified atom stereocenters. The summed E-state index contributed by atoms with van der Waals surface area (Å²) < 4.78 is 0. The van der Waals surface area contributed by atoms with Gasteiger partial charge in [0.2, 0.25) is 5.91 Å². The number of rotatable bonds is 3. The van der Waals surface area contributed by atoms with Crippen molar-refractivity contribution in [2.75, 3.05) is 18.4 Å². The minimum Gasteiger partial charge on any atom is -0.323 e. The second-order valence-electron chi connectivity index (χ2n) is 5.57. The van der Waals surface area contributed by atoms with Crippen molar-refractivity contribution >= 4 is 23.2 Å². The SMILES string of the molecule is CC(C)(C(=O)Nc1cnccc1Cl)C1CCCNC1. The summed E-state index contributed by atoms with van der Waals surface area (Å²) in [5.41, 5.74) is 0.151. The maximum Gasteiger partial charge on any atom is 0.230 e. The first-order valence-corrected chi connectivity index (χ1v) is 7.01. The van der Waals surface area contributed by atoms with Gasteiger partial charge >= 0.3 is 0 Å². The molecule has 0 aromatic carbocycles. The van der Waals surface area contributed by atoms with E-state index in [1.165, 1.54) is 0 Å². The number of hydrogen-bond acceptors (Lipinski definition) is 3. The van der Waals surface area contributed by atoms with Crippen molar-refractivity contribution < 1.29 is 4.79 Å². The lowest BCUT2D eigenvalue weighted by atomic mass is 9.74. The maximum atomic E-state index is 12.5. The zero-order chi connectivity index (χ0) is 13.9. The van der Waals surface area contributed by atoms with Gasteiger partial charge < -0.3 is 10.6 Å². The van der Waals surface area contributed by atoms with Crippen LogP contribution in [0.5, 0.6) is 0 Å². The first-order valence-electron chi connectivity index (χ1n) is 6.63. The zero-order valence-corrected chi connectivity index (χ0v) is 12.1. The second-order valence-corrected chi connectivity index (χ2v) is 5.98. The quantitative estimate of drug-likeness (QED) is 0.896. The molecule has 4 nitrogen and oxygen atoms in total. The molecule has 2 N–H and O–H groups in total. The lowest BCUT2D eigenvalue weighted by Crippen LogP contribution is -2.44. The minimum atomic E-state index is -0.424. The van der Waals surface area contributed by atoms with E-state index < -0.39 is 5.41 Å². The van der Waals surface area contributed by atoms with Gasteiger partial charge in [-0.15, -0.1) is 0 Å². The number of amides is 1. The molecule has 0 radical (unpaired) electrons. The molecule has 1 saturated heterocycles. The Morgan fingerprint density at radius 3 is 3.00 bits per heavy atom. The van der Waals surface area contributed by atoms with Crippen LogP contribution >= 0.6 is 11.6 Å². The lowest BCUT2D eigenvalue weighted by Gasteiger charge is -2.36. The van der Waals surface area contributed by atoms with Gasteiger partial charge in [0.1, 0.15) is 0 Å². The van der Waals surface area contributed by atoms with Crippen LogP contribution in [0.3, 0.4) is 0 Å². The molecular formula is C14H20ClN3O. The Kier molecular flexibility index (Phi) is 4.42. The molecule has 19 heavy (non-hydrogen) atoms. The van der Waals surface area contributed by atoms with Crippen LogP contribution in [-0.2, 0) is 4.79 Å². The van der Waals surface area contributed by atoms with E-state index in [9.17, 15) is 4.79 Å². The minimum absolute atomic E-state index is 0.00361. The number of aromatic nitrogens is 1. The van der Waals surface area contributed by atoms with E-state index in [2.05, 4.69) is 15.6 Å². The van der Waals surface area contributed by atoms with Gasteiger partial charge in [-0.05, 0) is 37.9 Å². The molecule has 2 rings (SSSR count). The third kappa shape index (κ3) is 3.25. The van der Waals surface area contributed by atoms with Gasteiger partial charge in [-0.2, -0.15) is 0 Å². The maximum absolute atomic E-state index is 12.5. The van der Waals surface area contributed by atoms with Crippen LogP contribution in [-0.4, -0.2) is 24.0 Å². The molecule has 1 aromatic rings. The van der Waals surface area contributed by atoms with Crippen molar-refractivity contribution in [3.63, 3.8) is 0 Å². The van der Waals surface area contributed by atoms with Crippen molar-refractivity contribution in [2.24, 2.45) is 11.3 Å². The Morgan fingerprint density at radius 2 is 2.37 bits per heavy atom. The predicted octanol–water partition coefficient (Wildman–Crippen LogP) is 2.70. The third-order valence-corrected chi connectivity index (χ3v) is 4.25. The summed E-state index contributed by atoms with van der Waals surface area (Å²) in [6, 6.07) is 1.67. The summed E-state index contributed by atoms with van der Waals surface area (Å²) in [5.74, 6) is 0.341. The Hall–Kier alpha value is -1.13. The number of pyridine rings is 1. The van der Waals surface area contributed by atoms with Gasteiger partial charge in [0.05, 0.1) is 16.9 Å². The molecule has 0 saturated carbocycles. The van der Waals surface area contributed by atoms with Crippen LogP contribution in [0.15, 0.2) is 18.5 Å². The molecule has 1 aromatic heterocycles.